The highest BCUT2D eigenvalue weighted by molar-refractivity contribution is 5.99. The fourth-order valence-electron chi connectivity index (χ4n) is 4.75. The molecule has 0 saturated carbocycles. The van der Waals surface area contributed by atoms with Crippen molar-refractivity contribution in [2.24, 2.45) is 0 Å². The molecular weight excluding hydrogens is 541 g/mol. The Bertz CT molecular complexity index is 1690. The van der Waals surface area contributed by atoms with Crippen molar-refractivity contribution in [2.45, 2.75) is 27.2 Å². The van der Waals surface area contributed by atoms with Gasteiger partial charge in [-0.1, -0.05) is 26.3 Å². The molecule has 1 aliphatic heterocycles. The molecule has 0 unspecified atom stereocenters. The minimum Gasteiger partial charge on any atom is -0.378 e. The van der Waals surface area contributed by atoms with E-state index in [0.717, 1.165) is 12.3 Å². The zero-order valence-electron chi connectivity index (χ0n) is 23.7. The van der Waals surface area contributed by atoms with Crippen molar-refractivity contribution in [3.05, 3.63) is 90.3 Å². The number of aromatic nitrogens is 4. The van der Waals surface area contributed by atoms with Gasteiger partial charge >= 0.3 is 0 Å². The number of nitrogens with zero attached hydrogens (tertiary/aromatic N) is 5. The number of nitrogens with one attached hydrogen (secondary N) is 1. The Balaban J connectivity index is 0.00000113. The van der Waals surface area contributed by atoms with Crippen molar-refractivity contribution >= 4 is 28.1 Å². The van der Waals surface area contributed by atoms with Gasteiger partial charge in [0.25, 0.3) is 0 Å². The van der Waals surface area contributed by atoms with Crippen LogP contribution in [0.15, 0.2) is 67.3 Å². The first-order valence-electron chi connectivity index (χ1n) is 13.8. The molecule has 0 atom stereocenters. The Kier molecular flexibility index (Phi) is 8.92. The van der Waals surface area contributed by atoms with E-state index in [1.54, 1.807) is 31.5 Å². The first-order chi connectivity index (χ1) is 20.4. The Morgan fingerprint density at radius 1 is 0.929 bits per heavy atom. The SMILES string of the molecule is CCC.Cc1c(-c2ccccn2)nc2cc(F)cc(F)c2c1Nc1cc(N2CCOCC2)ncc1-c1cncc(F)c1. The maximum atomic E-state index is 15.3. The zero-order chi connectivity index (χ0) is 29.6. The minimum absolute atomic E-state index is 0.127. The van der Waals surface area contributed by atoms with E-state index < -0.39 is 17.5 Å². The van der Waals surface area contributed by atoms with E-state index in [9.17, 15) is 8.78 Å². The molecule has 216 valence electrons. The fourth-order valence-corrected chi connectivity index (χ4v) is 4.75. The first kappa shape index (κ1) is 28.9. The summed E-state index contributed by atoms with van der Waals surface area (Å²) in [5.74, 6) is -1.31. The summed E-state index contributed by atoms with van der Waals surface area (Å²) in [5, 5.41) is 3.50. The molecule has 5 heterocycles. The van der Waals surface area contributed by atoms with Crippen molar-refractivity contribution in [1.29, 1.82) is 0 Å². The third kappa shape index (κ3) is 6.18. The summed E-state index contributed by atoms with van der Waals surface area (Å²) in [4.78, 5) is 19.7. The van der Waals surface area contributed by atoms with Crippen LogP contribution >= 0.6 is 0 Å². The topological polar surface area (TPSA) is 76.1 Å². The number of fused-ring (bicyclic) bond motifs is 1. The molecule has 42 heavy (non-hydrogen) atoms. The quantitative estimate of drug-likeness (QED) is 0.234. The summed E-state index contributed by atoms with van der Waals surface area (Å²) in [6, 6.07) is 10.6. The van der Waals surface area contributed by atoms with E-state index in [-0.39, 0.29) is 10.9 Å². The molecule has 1 fully saturated rings. The average molecular weight is 573 g/mol. The molecular formula is C32H31F3N6O. The second-order valence-electron chi connectivity index (χ2n) is 9.87. The second kappa shape index (κ2) is 12.9. The summed E-state index contributed by atoms with van der Waals surface area (Å²) in [6.07, 6.45) is 7.17. The van der Waals surface area contributed by atoms with Crippen molar-refractivity contribution < 1.29 is 17.9 Å². The molecule has 1 saturated heterocycles. The number of anilines is 3. The fraction of sp³-hybridized carbons (Fsp3) is 0.250. The molecule has 0 spiro atoms. The lowest BCUT2D eigenvalue weighted by atomic mass is 10.0. The number of rotatable bonds is 5. The van der Waals surface area contributed by atoms with Crippen LogP contribution in [0, 0.1) is 24.4 Å². The molecule has 10 heteroatoms. The standard InChI is InChI=1S/C29H23F3N6O.C3H8/c1-17-28(23-4-2-3-5-34-23)37-25-12-19(30)11-22(32)27(25)29(17)36-24-13-26(38-6-8-39-9-7-38)35-16-21(24)18-10-20(31)15-33-14-18;1-3-2/h2-5,10-16H,6-9H2,1H3,(H,35,36,37);3H2,1-2H3. The number of halogens is 3. The molecule has 0 amide bonds. The number of ether oxygens (including phenoxy) is 1. The summed E-state index contributed by atoms with van der Waals surface area (Å²) in [6.45, 7) is 8.50. The van der Waals surface area contributed by atoms with E-state index in [1.807, 2.05) is 12.1 Å². The van der Waals surface area contributed by atoms with Crippen LogP contribution in [-0.2, 0) is 4.74 Å². The molecule has 5 aromatic rings. The van der Waals surface area contributed by atoms with Gasteiger partial charge in [-0.15, -0.1) is 0 Å². The largest absolute Gasteiger partial charge is 0.378 e. The van der Waals surface area contributed by atoms with Crippen LogP contribution in [0.3, 0.4) is 0 Å². The van der Waals surface area contributed by atoms with Gasteiger partial charge in [-0.05, 0) is 25.1 Å². The van der Waals surface area contributed by atoms with E-state index in [4.69, 9.17) is 4.74 Å². The van der Waals surface area contributed by atoms with E-state index in [2.05, 4.69) is 44.0 Å². The highest BCUT2D eigenvalue weighted by Gasteiger charge is 2.21. The van der Waals surface area contributed by atoms with Crippen LogP contribution in [0.2, 0.25) is 0 Å². The molecule has 1 aromatic carbocycles. The molecule has 0 radical (unpaired) electrons. The Labute approximate surface area is 242 Å². The van der Waals surface area contributed by atoms with E-state index in [1.165, 1.54) is 24.8 Å². The Morgan fingerprint density at radius 3 is 2.43 bits per heavy atom. The second-order valence-corrected chi connectivity index (χ2v) is 9.87. The monoisotopic (exact) mass is 572 g/mol. The third-order valence-corrected chi connectivity index (χ3v) is 6.65. The summed E-state index contributed by atoms with van der Waals surface area (Å²) in [5.41, 5.74) is 3.77. The molecule has 7 nitrogen and oxygen atoms in total. The Hall–Kier alpha value is -4.57. The predicted octanol–water partition coefficient (Wildman–Crippen LogP) is 7.48. The smallest absolute Gasteiger partial charge is 0.142 e. The highest BCUT2D eigenvalue weighted by atomic mass is 19.1. The summed E-state index contributed by atoms with van der Waals surface area (Å²) >= 11 is 0. The van der Waals surface area contributed by atoms with Crippen LogP contribution < -0.4 is 10.2 Å². The van der Waals surface area contributed by atoms with E-state index >= 15 is 4.39 Å². The van der Waals surface area contributed by atoms with Gasteiger partial charge in [0.2, 0.25) is 0 Å². The number of morpholine rings is 1. The molecule has 0 bridgehead atoms. The number of hydrogen-bond acceptors (Lipinski definition) is 7. The van der Waals surface area contributed by atoms with Gasteiger partial charge in [0.05, 0.1) is 53.1 Å². The van der Waals surface area contributed by atoms with Gasteiger partial charge in [-0.25, -0.2) is 23.1 Å². The van der Waals surface area contributed by atoms with Crippen LogP contribution in [0.25, 0.3) is 33.4 Å². The Morgan fingerprint density at radius 2 is 1.71 bits per heavy atom. The molecule has 1 aliphatic rings. The maximum Gasteiger partial charge on any atom is 0.142 e. The lowest BCUT2D eigenvalue weighted by Gasteiger charge is -2.28. The summed E-state index contributed by atoms with van der Waals surface area (Å²) < 4.78 is 49.3. The van der Waals surface area contributed by atoms with Crippen molar-refractivity contribution in [2.75, 3.05) is 36.5 Å². The van der Waals surface area contributed by atoms with Gasteiger partial charge in [0.15, 0.2) is 0 Å². The van der Waals surface area contributed by atoms with Gasteiger partial charge in [0, 0.05) is 66.6 Å². The normalized spacial score (nSPS) is 13.0. The predicted molar refractivity (Wildman–Crippen MR) is 159 cm³/mol. The first-order valence-corrected chi connectivity index (χ1v) is 13.8. The van der Waals surface area contributed by atoms with Crippen molar-refractivity contribution in [3.63, 3.8) is 0 Å². The highest BCUT2D eigenvalue weighted by Crippen LogP contribution is 2.39. The third-order valence-electron chi connectivity index (χ3n) is 6.65. The molecule has 4 aromatic heterocycles. The minimum atomic E-state index is -0.757. The van der Waals surface area contributed by atoms with Crippen LogP contribution in [0.1, 0.15) is 25.8 Å². The van der Waals surface area contributed by atoms with Crippen molar-refractivity contribution in [3.8, 4) is 22.5 Å². The lowest BCUT2D eigenvalue weighted by Crippen LogP contribution is -2.36. The number of pyridine rings is 4. The molecule has 0 aliphatic carbocycles. The van der Waals surface area contributed by atoms with Gasteiger partial charge < -0.3 is 15.0 Å². The van der Waals surface area contributed by atoms with Gasteiger partial charge in [0.1, 0.15) is 23.3 Å². The van der Waals surface area contributed by atoms with Crippen LogP contribution in [0.4, 0.5) is 30.4 Å². The average Bonchev–Trinajstić information content (AvgIpc) is 2.99. The molecule has 6 rings (SSSR count). The van der Waals surface area contributed by atoms with Crippen LogP contribution in [-0.4, -0.2) is 46.2 Å². The van der Waals surface area contributed by atoms with Gasteiger partial charge in [-0.2, -0.15) is 0 Å². The zero-order valence-corrected chi connectivity index (χ0v) is 23.7. The van der Waals surface area contributed by atoms with Crippen molar-refractivity contribution in [1.82, 2.24) is 19.9 Å². The number of hydrogen-bond donors (Lipinski definition) is 1. The number of benzene rings is 1. The van der Waals surface area contributed by atoms with Crippen LogP contribution in [0.5, 0.6) is 0 Å². The lowest BCUT2D eigenvalue weighted by molar-refractivity contribution is 0.122. The van der Waals surface area contributed by atoms with Gasteiger partial charge in [-0.3, -0.25) is 9.97 Å². The van der Waals surface area contributed by atoms with E-state index in [0.29, 0.717) is 71.6 Å². The summed E-state index contributed by atoms with van der Waals surface area (Å²) in [7, 11) is 0. The maximum absolute atomic E-state index is 15.3. The molecule has 1 N–H and O–H groups in total.